The molecule has 0 fully saturated rings. The number of rotatable bonds is 16. The Kier molecular flexibility index (Phi) is 35.8. The lowest BCUT2D eigenvalue weighted by molar-refractivity contribution is -0.661. The van der Waals surface area contributed by atoms with Gasteiger partial charge in [0.2, 0.25) is 45.6 Å². The quantitative estimate of drug-likeness (QED) is 0.0864. The zero-order chi connectivity index (χ0) is 116. The highest BCUT2D eigenvalue weighted by molar-refractivity contribution is 5.69. The van der Waals surface area contributed by atoms with Crippen molar-refractivity contribution in [2.24, 2.45) is 79.0 Å². The van der Waals surface area contributed by atoms with E-state index < -0.39 is 37.8 Å². The molecule has 0 bridgehead atoms. The summed E-state index contributed by atoms with van der Waals surface area (Å²) in [4.78, 5) is 0. The molecule has 0 saturated carbocycles. The van der Waals surface area contributed by atoms with Crippen LogP contribution in [0.15, 0.2) is 304 Å². The molecule has 0 radical (unpaired) electrons. The van der Waals surface area contributed by atoms with E-state index in [2.05, 4.69) is 395 Å². The first kappa shape index (κ1) is 98.4. The Balaban J connectivity index is 0.000000196. The smallest absolute Gasteiger partial charge is 0.201 e. The standard InChI is InChI=1S/2C18H24N.4C17H22N.2C16H20N/c2*1-14-8-6-7-9-16(14)17-11-10-15(13-19(17)5)12-18(2,3)4;2*1-11-7-8-16(15(5)14(11)4)17-9-12(2)13(3)10-18(17)6;2*1-13(2)11-15-9-10-17(18(4)12-15)16-8-6-5-7-14(16)3;2*1-12(2)14-9-10-16(17(4)11-14)15-8-6-5-7-13(15)3/h2*6-11,13H,12H2,1-5H3;2*7-10H,1-6H3;2*5-10,12-13H,11H2,1-4H3;2*5-12H,1-4H3/q8*+1/i12D2;;1D3,3D3;;11D2;;12D;. The number of nitrogens with zero attached hydrogens (tertiary/aromatic N) is 8. The number of pyridine rings is 8. The van der Waals surface area contributed by atoms with Gasteiger partial charge in [-0.05, 0) is 334 Å². The minimum absolute atomic E-state index is 0.0492. The molecule has 8 aromatic carbocycles. The second-order valence-electron chi connectivity index (χ2n) is 42.9. The van der Waals surface area contributed by atoms with E-state index in [1.165, 1.54) is 145 Å². The van der Waals surface area contributed by atoms with Crippen LogP contribution < -0.4 is 36.5 Å². The van der Waals surface area contributed by atoms with Crippen molar-refractivity contribution in [1.29, 1.82) is 0 Å². The highest BCUT2D eigenvalue weighted by Gasteiger charge is 2.25. The third kappa shape index (κ3) is 32.5. The van der Waals surface area contributed by atoms with Gasteiger partial charge in [0, 0.05) is 153 Å². The van der Waals surface area contributed by atoms with Gasteiger partial charge >= 0.3 is 0 Å². The van der Waals surface area contributed by atoms with Gasteiger partial charge in [-0.15, -0.1) is 0 Å². The Labute approximate surface area is 887 Å². The number of hydrogen-bond acceptors (Lipinski definition) is 0. The second kappa shape index (κ2) is 52.5. The van der Waals surface area contributed by atoms with Crippen LogP contribution in [0.4, 0.5) is 0 Å². The van der Waals surface area contributed by atoms with Crippen molar-refractivity contribution in [3.63, 3.8) is 0 Å². The summed E-state index contributed by atoms with van der Waals surface area (Å²) in [5.41, 5.74) is 43.2. The number of benzene rings is 8. The lowest BCUT2D eigenvalue weighted by Crippen LogP contribution is -2.32. The van der Waals surface area contributed by atoms with Gasteiger partial charge in [-0.3, -0.25) is 0 Å². The lowest BCUT2D eigenvalue weighted by atomic mass is 9.88. The Bertz CT molecular complexity index is 7530. The van der Waals surface area contributed by atoms with Gasteiger partial charge in [0.05, 0.1) is 0 Å². The first-order chi connectivity index (χ1) is 72.2. The zero-order valence-electron chi connectivity index (χ0n) is 105. The summed E-state index contributed by atoms with van der Waals surface area (Å²) in [6, 6.07) is 87.9. The van der Waals surface area contributed by atoms with E-state index in [-0.39, 0.29) is 5.92 Å². The van der Waals surface area contributed by atoms with Crippen LogP contribution >= 0.6 is 0 Å². The van der Waals surface area contributed by atoms with E-state index in [0.717, 1.165) is 63.3 Å². The van der Waals surface area contributed by atoms with Gasteiger partial charge in [0.15, 0.2) is 49.6 Å². The number of aryl methyl sites for hydroxylation is 20. The molecule has 16 rings (SSSR count). The van der Waals surface area contributed by atoms with Crippen LogP contribution in [-0.2, 0) is 82.0 Å². The molecular formula is C136H176N8+8. The van der Waals surface area contributed by atoms with Gasteiger partial charge < -0.3 is 0 Å². The summed E-state index contributed by atoms with van der Waals surface area (Å²) in [6.07, 6.45) is 16.0. The molecule has 0 atom stereocenters. The third-order valence-electron chi connectivity index (χ3n) is 26.7. The molecule has 8 nitrogen and oxygen atoms in total. The fourth-order valence-corrected chi connectivity index (χ4v) is 18.0. The molecule has 0 aliphatic rings. The van der Waals surface area contributed by atoms with Gasteiger partial charge in [0.25, 0.3) is 0 Å². The Hall–Kier alpha value is -13.0. The fourth-order valence-electron chi connectivity index (χ4n) is 18.0. The molecule has 8 aromatic heterocycles. The van der Waals surface area contributed by atoms with Crippen LogP contribution in [-0.4, -0.2) is 0 Å². The fraction of sp³-hybridized carbons (Fsp3) is 0.353. The molecule has 0 unspecified atom stereocenters. The molecule has 0 spiro atoms. The molecule has 8 heterocycles. The zero-order valence-corrected chi connectivity index (χ0v) is 94.1. The van der Waals surface area contributed by atoms with Crippen molar-refractivity contribution in [2.45, 2.75) is 245 Å². The molecule has 16 aromatic rings. The summed E-state index contributed by atoms with van der Waals surface area (Å²) in [6.45, 7) is 54.2. The highest BCUT2D eigenvalue weighted by atomic mass is 15.0. The predicted molar refractivity (Wildman–Crippen MR) is 612 cm³/mol. The van der Waals surface area contributed by atoms with Crippen molar-refractivity contribution in [2.75, 3.05) is 0 Å². The Morgan fingerprint density at radius 1 is 0.243 bits per heavy atom. The van der Waals surface area contributed by atoms with E-state index in [4.69, 9.17) is 15.1 Å². The molecule has 0 saturated heterocycles. The van der Waals surface area contributed by atoms with E-state index in [9.17, 15) is 0 Å². The van der Waals surface area contributed by atoms with Crippen molar-refractivity contribution < 1.29 is 51.6 Å². The normalized spacial score (nSPS) is 12.6. The van der Waals surface area contributed by atoms with Crippen molar-refractivity contribution >= 4 is 0 Å². The van der Waals surface area contributed by atoms with Crippen molar-refractivity contribution in [3.05, 3.63) is 427 Å². The molecule has 8 heteroatoms. The van der Waals surface area contributed by atoms with Gasteiger partial charge in [-0.25, -0.2) is 36.5 Å². The van der Waals surface area contributed by atoms with Crippen LogP contribution in [0.2, 0.25) is 0 Å². The SMILES string of the molecule is Cc1cc(-c2ccc(C)c(C)c2C)[n+](C)cc1C.Cc1ccccc1-c1ccc(C(C)C)c[n+]1C.Cc1ccccc1-c1ccc(CC(C)(C)C)c[n+]1C.Cc1ccccc1-c1ccc(CC(C)C)c[n+]1C.[2H]C(C)(C)c1ccc(-c2ccccc2C)[n+](C)c1.[2H]C([2H])([2H])c1c[n+](C)c(-c2ccc(C([2H])([2H])[2H])c(C)c2C)cc1C.[2H]C([2H])(c1ccc(-c2ccccc2C)[n+](C)c1)C(C)(C)C.[2H]C([2H])(c1ccc(-c2ccccc2C)[n+](C)c1)C(C)C. The Morgan fingerprint density at radius 3 is 0.868 bits per heavy atom. The van der Waals surface area contributed by atoms with Crippen LogP contribution in [0.5, 0.6) is 0 Å². The average Bonchev–Trinajstić information content (AvgIpc) is 0.786. The minimum Gasteiger partial charge on any atom is -0.201 e. The first-order valence-corrected chi connectivity index (χ1v) is 51.2. The molecule has 0 aliphatic heterocycles. The summed E-state index contributed by atoms with van der Waals surface area (Å²) in [7, 11) is 16.3. The monoisotopic (exact) mass is 1930 g/mol. The van der Waals surface area contributed by atoms with Crippen LogP contribution in [0, 0.1) is 133 Å². The van der Waals surface area contributed by atoms with Crippen LogP contribution in [0.3, 0.4) is 0 Å². The van der Waals surface area contributed by atoms with E-state index >= 15 is 0 Å². The van der Waals surface area contributed by atoms with Crippen molar-refractivity contribution in [1.82, 2.24) is 0 Å². The number of aromatic nitrogens is 8. The maximum absolute atomic E-state index is 8.39. The average molecular weight is 1930 g/mol. The summed E-state index contributed by atoms with van der Waals surface area (Å²) < 4.78 is 104. The second-order valence-corrected chi connectivity index (χ2v) is 42.9. The largest absolute Gasteiger partial charge is 0.212 e. The van der Waals surface area contributed by atoms with Gasteiger partial charge in [0.1, 0.15) is 56.4 Å². The Morgan fingerprint density at radius 2 is 0.535 bits per heavy atom. The topological polar surface area (TPSA) is 31.0 Å². The molecule has 0 N–H and O–H groups in total. The highest BCUT2D eigenvalue weighted by Crippen LogP contribution is 2.33. The predicted octanol–water partition coefficient (Wildman–Crippen LogP) is 30.2. The minimum atomic E-state index is -2.16. The molecular weight excluding hydrogens is 1750 g/mol. The van der Waals surface area contributed by atoms with E-state index in [1.807, 2.05) is 160 Å². The molecule has 752 valence electrons. The molecule has 0 amide bonds. The maximum atomic E-state index is 8.39. The molecule has 144 heavy (non-hydrogen) atoms. The van der Waals surface area contributed by atoms with E-state index in [0.29, 0.717) is 33.9 Å². The first-order valence-electron chi connectivity index (χ1n) is 56.7. The summed E-state index contributed by atoms with van der Waals surface area (Å²) in [5, 5.41) is 0. The maximum Gasteiger partial charge on any atom is 0.212 e. The number of hydrogen-bond donors (Lipinski definition) is 0. The molecule has 0 aliphatic carbocycles. The van der Waals surface area contributed by atoms with Gasteiger partial charge in [-0.2, -0.15) is 0 Å². The van der Waals surface area contributed by atoms with E-state index in [1.54, 1.807) is 36.9 Å². The summed E-state index contributed by atoms with van der Waals surface area (Å²) >= 11 is 0. The van der Waals surface area contributed by atoms with Crippen LogP contribution in [0.1, 0.15) is 246 Å². The summed E-state index contributed by atoms with van der Waals surface area (Å²) in [5.74, 6) is 0.676. The lowest BCUT2D eigenvalue weighted by Gasteiger charge is -2.17. The van der Waals surface area contributed by atoms with Crippen LogP contribution in [0.25, 0.3) is 90.1 Å². The van der Waals surface area contributed by atoms with Gasteiger partial charge in [-0.1, -0.05) is 218 Å². The third-order valence-corrected chi connectivity index (χ3v) is 26.7. The van der Waals surface area contributed by atoms with Crippen molar-refractivity contribution in [3.8, 4) is 90.1 Å².